The predicted molar refractivity (Wildman–Crippen MR) is 87.5 cm³/mol. The molecule has 23 heavy (non-hydrogen) atoms. The van der Waals surface area contributed by atoms with E-state index in [4.69, 9.17) is 5.11 Å². The molecule has 1 fully saturated rings. The van der Waals surface area contributed by atoms with Crippen molar-refractivity contribution in [3.63, 3.8) is 0 Å². The standard InChI is InChI=1S/C16H23NO5S/c1-11-4-3-5-12(2)15(11)17(10-14(18)19)16(20)13-6-8-23(21,22)9-7-13/h3-5,13,21-22H,6-10H2,1-2H3,(H,18,19)/p-2. The van der Waals surface area contributed by atoms with E-state index in [1.807, 2.05) is 32.0 Å². The number of aliphatic carboxylic acids is 1. The first-order valence-electron chi connectivity index (χ1n) is 7.51. The van der Waals surface area contributed by atoms with Crippen LogP contribution in [0, 0.1) is 19.8 Å². The number of rotatable bonds is 4. The summed E-state index contributed by atoms with van der Waals surface area (Å²) >= 11 is 0. The first-order chi connectivity index (χ1) is 10.7. The van der Waals surface area contributed by atoms with Crippen molar-refractivity contribution in [2.24, 2.45) is 5.92 Å². The van der Waals surface area contributed by atoms with Gasteiger partial charge in [0.1, 0.15) is 6.54 Å². The molecule has 0 aromatic heterocycles. The molecule has 1 aromatic carbocycles. The molecule has 6 nitrogen and oxygen atoms in total. The van der Waals surface area contributed by atoms with Gasteiger partial charge in [-0.2, -0.15) is 0 Å². The van der Waals surface area contributed by atoms with E-state index in [-0.39, 0.29) is 30.3 Å². The summed E-state index contributed by atoms with van der Waals surface area (Å²) in [5, 5.41) is 9.17. The van der Waals surface area contributed by atoms with Gasteiger partial charge in [0, 0.05) is 5.92 Å². The molecule has 1 amide bonds. The Morgan fingerprint density at radius 3 is 2.22 bits per heavy atom. The van der Waals surface area contributed by atoms with Gasteiger partial charge in [-0.05, 0) is 49.3 Å². The molecule has 1 saturated heterocycles. The number of aryl methyl sites for hydroxylation is 2. The summed E-state index contributed by atoms with van der Waals surface area (Å²) in [7, 11) is -3.07. The molecule has 0 radical (unpaired) electrons. The monoisotopic (exact) mass is 339 g/mol. The van der Waals surface area contributed by atoms with Crippen LogP contribution in [0.15, 0.2) is 18.2 Å². The lowest BCUT2D eigenvalue weighted by Crippen LogP contribution is -2.42. The predicted octanol–water partition coefficient (Wildman–Crippen LogP) is 2.20. The van der Waals surface area contributed by atoms with E-state index in [2.05, 4.69) is 0 Å². The second-order valence-electron chi connectivity index (χ2n) is 5.98. The van der Waals surface area contributed by atoms with Crippen molar-refractivity contribution in [3.05, 3.63) is 29.3 Å². The topological polar surface area (TPSA) is 104 Å². The lowest BCUT2D eigenvalue weighted by Gasteiger charge is -2.63. The average Bonchev–Trinajstić information content (AvgIpc) is 2.45. The second kappa shape index (κ2) is 6.90. The Kier molecular flexibility index (Phi) is 5.33. The zero-order valence-corrected chi connectivity index (χ0v) is 14.1. The summed E-state index contributed by atoms with van der Waals surface area (Å²) < 4.78 is 23.1. The Bertz CT molecular complexity index is 586. The zero-order chi connectivity index (χ0) is 17.2. The Balaban J connectivity index is 2.29. The van der Waals surface area contributed by atoms with Gasteiger partial charge >= 0.3 is 5.97 Å². The van der Waals surface area contributed by atoms with Crippen LogP contribution in [-0.4, -0.2) is 44.1 Å². The number of benzene rings is 1. The molecule has 1 heterocycles. The molecule has 0 bridgehead atoms. The number of anilines is 1. The molecule has 0 spiro atoms. The minimum Gasteiger partial charge on any atom is -0.800 e. The molecular formula is C16H21NO5S-2. The minimum absolute atomic E-state index is 0.0168. The Morgan fingerprint density at radius 1 is 1.22 bits per heavy atom. The number of hydrogen-bond donors (Lipinski definition) is 1. The summed E-state index contributed by atoms with van der Waals surface area (Å²) in [5.41, 5.74) is 2.25. The van der Waals surface area contributed by atoms with Crippen molar-refractivity contribution in [1.29, 1.82) is 0 Å². The SMILES string of the molecule is Cc1cccc(C)c1N(CC(=O)O)C(=O)C1CCS([O-])([O-])CC1. The quantitative estimate of drug-likeness (QED) is 0.905. The number of para-hydroxylation sites is 1. The van der Waals surface area contributed by atoms with Gasteiger partial charge in [0.2, 0.25) is 5.91 Å². The summed E-state index contributed by atoms with van der Waals surface area (Å²) in [5.74, 6) is -1.88. The zero-order valence-electron chi connectivity index (χ0n) is 13.3. The summed E-state index contributed by atoms with van der Waals surface area (Å²) in [4.78, 5) is 25.3. The van der Waals surface area contributed by atoms with Crippen LogP contribution < -0.4 is 4.90 Å². The first-order valence-corrected chi connectivity index (χ1v) is 9.33. The van der Waals surface area contributed by atoms with Gasteiger partial charge in [0.15, 0.2) is 0 Å². The van der Waals surface area contributed by atoms with Gasteiger partial charge in [-0.15, -0.1) is 0 Å². The maximum absolute atomic E-state index is 12.8. The number of sulfone groups is 1. The smallest absolute Gasteiger partial charge is 0.323 e. The van der Waals surface area contributed by atoms with Gasteiger partial charge in [-0.3, -0.25) is 9.59 Å². The number of nitrogens with zero attached hydrogens (tertiary/aromatic N) is 1. The number of amides is 1. The molecule has 2 rings (SSSR count). The Labute approximate surface area is 137 Å². The van der Waals surface area contributed by atoms with Crippen molar-refractivity contribution in [2.75, 3.05) is 23.0 Å². The van der Waals surface area contributed by atoms with Crippen LogP contribution in [-0.2, 0) is 9.59 Å². The molecule has 0 atom stereocenters. The molecular weight excluding hydrogens is 318 g/mol. The maximum Gasteiger partial charge on any atom is 0.323 e. The fourth-order valence-corrected chi connectivity index (χ4v) is 4.48. The summed E-state index contributed by atoms with van der Waals surface area (Å²) in [6.07, 6.45) is 0.504. The fourth-order valence-electron chi connectivity index (χ4n) is 2.99. The van der Waals surface area contributed by atoms with Gasteiger partial charge < -0.3 is 29.7 Å². The van der Waals surface area contributed by atoms with E-state index < -0.39 is 29.0 Å². The number of carbonyl (C=O) groups is 2. The lowest BCUT2D eigenvalue weighted by molar-refractivity contribution is -0.137. The van der Waals surface area contributed by atoms with E-state index in [1.165, 1.54) is 4.90 Å². The second-order valence-corrected chi connectivity index (χ2v) is 8.29. The average molecular weight is 339 g/mol. The van der Waals surface area contributed by atoms with Crippen molar-refractivity contribution in [3.8, 4) is 0 Å². The van der Waals surface area contributed by atoms with Crippen LogP contribution in [0.1, 0.15) is 24.0 Å². The largest absolute Gasteiger partial charge is 0.800 e. The molecule has 128 valence electrons. The number of carbonyl (C=O) groups excluding carboxylic acids is 1. The molecule has 1 aliphatic rings. The highest BCUT2D eigenvalue weighted by molar-refractivity contribution is 8.24. The molecule has 0 saturated carbocycles. The fraction of sp³-hybridized carbons (Fsp3) is 0.500. The normalized spacial score (nSPS) is 19.1. The Morgan fingerprint density at radius 2 is 1.74 bits per heavy atom. The summed E-state index contributed by atoms with van der Waals surface area (Å²) in [6, 6.07) is 5.51. The third-order valence-corrected chi connectivity index (χ3v) is 5.89. The van der Waals surface area contributed by atoms with E-state index in [0.29, 0.717) is 5.69 Å². The van der Waals surface area contributed by atoms with Crippen molar-refractivity contribution >= 4 is 28.2 Å². The highest BCUT2D eigenvalue weighted by atomic mass is 32.3. The van der Waals surface area contributed by atoms with E-state index in [0.717, 1.165) is 11.1 Å². The lowest BCUT2D eigenvalue weighted by atomic mass is 9.99. The number of carboxylic acids is 1. The van der Waals surface area contributed by atoms with Gasteiger partial charge in [0.05, 0.1) is 5.69 Å². The number of carboxylic acid groups (broad SMARTS) is 1. The van der Waals surface area contributed by atoms with Crippen LogP contribution >= 0.6 is 10.6 Å². The van der Waals surface area contributed by atoms with Crippen LogP contribution in [0.4, 0.5) is 5.69 Å². The van der Waals surface area contributed by atoms with E-state index in [1.54, 1.807) is 0 Å². The van der Waals surface area contributed by atoms with Gasteiger partial charge in [-0.25, -0.2) is 0 Å². The first kappa shape index (κ1) is 17.8. The maximum atomic E-state index is 12.8. The van der Waals surface area contributed by atoms with Crippen molar-refractivity contribution < 1.29 is 23.8 Å². The third-order valence-electron chi connectivity index (χ3n) is 4.17. The molecule has 7 heteroatoms. The van der Waals surface area contributed by atoms with Crippen molar-refractivity contribution in [2.45, 2.75) is 26.7 Å². The molecule has 1 N–H and O–H groups in total. The van der Waals surface area contributed by atoms with Crippen LogP contribution in [0.25, 0.3) is 0 Å². The molecule has 0 aliphatic carbocycles. The van der Waals surface area contributed by atoms with Crippen molar-refractivity contribution in [1.82, 2.24) is 0 Å². The highest BCUT2D eigenvalue weighted by Crippen LogP contribution is 2.45. The van der Waals surface area contributed by atoms with Crippen LogP contribution in [0.3, 0.4) is 0 Å². The number of hydrogen-bond acceptors (Lipinski definition) is 4. The van der Waals surface area contributed by atoms with Crippen LogP contribution in [0.5, 0.6) is 0 Å². The molecule has 1 aromatic rings. The minimum atomic E-state index is -3.07. The Hall–Kier alpha value is -1.57. The highest BCUT2D eigenvalue weighted by Gasteiger charge is 2.30. The third kappa shape index (κ3) is 4.25. The van der Waals surface area contributed by atoms with E-state index >= 15 is 0 Å². The molecule has 1 aliphatic heterocycles. The van der Waals surface area contributed by atoms with Gasteiger partial charge in [-0.1, -0.05) is 18.2 Å². The molecule has 0 unspecified atom stereocenters. The summed E-state index contributed by atoms with van der Waals surface area (Å²) in [6.45, 7) is 3.24. The van der Waals surface area contributed by atoms with E-state index in [9.17, 15) is 18.7 Å². The van der Waals surface area contributed by atoms with Gasteiger partial charge in [0.25, 0.3) is 0 Å². The van der Waals surface area contributed by atoms with Crippen LogP contribution in [0.2, 0.25) is 0 Å².